The number of nitrogens with one attached hydrogen (secondary N) is 1. The maximum Gasteiger partial charge on any atom is 0.355 e. The molecule has 0 spiro atoms. The van der Waals surface area contributed by atoms with Gasteiger partial charge < -0.3 is 24.1 Å². The van der Waals surface area contributed by atoms with E-state index in [4.69, 9.17) is 14.2 Å². The molecule has 1 N–H and O–H groups in total. The quantitative estimate of drug-likeness (QED) is 0.823. The van der Waals surface area contributed by atoms with E-state index in [9.17, 15) is 9.59 Å². The molecule has 3 rings (SSSR count). The van der Waals surface area contributed by atoms with Crippen LogP contribution in [-0.2, 0) is 23.8 Å². The van der Waals surface area contributed by atoms with Gasteiger partial charge in [-0.2, -0.15) is 0 Å². The minimum atomic E-state index is -0.631. The second-order valence-electron chi connectivity index (χ2n) is 6.06. The highest BCUT2D eigenvalue weighted by atomic mass is 16.5. The maximum absolute atomic E-state index is 12.4. The predicted molar refractivity (Wildman–Crippen MR) is 97.9 cm³/mol. The number of aryl methyl sites for hydroxylation is 2. The molecule has 0 fully saturated rings. The lowest BCUT2D eigenvalue weighted by Gasteiger charge is -2.31. The Kier molecular flexibility index (Phi) is 5.27. The Hall–Kier alpha value is -3.13. The molecule has 0 saturated carbocycles. The van der Waals surface area contributed by atoms with Crippen molar-refractivity contribution in [3.63, 3.8) is 0 Å². The van der Waals surface area contributed by atoms with Gasteiger partial charge in [-0.05, 0) is 26.0 Å². The second-order valence-corrected chi connectivity index (χ2v) is 6.06. The topological polar surface area (TPSA) is 93.8 Å². The molecule has 142 valence electrons. The monoisotopic (exact) mass is 371 g/mol. The molecule has 2 heterocycles. The van der Waals surface area contributed by atoms with Crippen LogP contribution in [0.2, 0.25) is 0 Å². The minimum absolute atomic E-state index is 0.0239. The first-order chi connectivity index (χ1) is 13.0. The van der Waals surface area contributed by atoms with Crippen LogP contribution in [0.1, 0.15) is 11.4 Å². The first kappa shape index (κ1) is 18.7. The van der Waals surface area contributed by atoms with E-state index in [2.05, 4.69) is 9.97 Å². The molecule has 0 unspecified atom stereocenters. The highest BCUT2D eigenvalue weighted by Gasteiger charge is 2.32. The SMILES string of the molecule is COC(=O)C1=C(C(=O)OC)N(c2cccc(-c3nc(C)c(C)[nH]3)c2)COC1. The summed E-state index contributed by atoms with van der Waals surface area (Å²) < 4.78 is 15.2. The number of hydrogen-bond acceptors (Lipinski definition) is 7. The third kappa shape index (κ3) is 3.56. The van der Waals surface area contributed by atoms with E-state index in [1.165, 1.54) is 14.2 Å². The van der Waals surface area contributed by atoms with E-state index < -0.39 is 11.9 Å². The number of nitrogens with zero attached hydrogens (tertiary/aromatic N) is 2. The summed E-state index contributed by atoms with van der Waals surface area (Å²) in [6, 6.07) is 7.44. The van der Waals surface area contributed by atoms with Gasteiger partial charge in [-0.15, -0.1) is 0 Å². The molecule has 1 aliphatic heterocycles. The Labute approximate surface area is 156 Å². The molecule has 1 aromatic carbocycles. The number of methoxy groups -OCH3 is 2. The number of carbonyl (C=O) groups excluding carboxylic acids is 2. The number of carbonyl (C=O) groups is 2. The van der Waals surface area contributed by atoms with Crippen LogP contribution in [0.15, 0.2) is 35.5 Å². The molecule has 1 aromatic heterocycles. The van der Waals surface area contributed by atoms with E-state index in [1.807, 2.05) is 38.1 Å². The van der Waals surface area contributed by atoms with Crippen molar-refractivity contribution >= 4 is 17.6 Å². The highest BCUT2D eigenvalue weighted by Crippen LogP contribution is 2.29. The van der Waals surface area contributed by atoms with Crippen molar-refractivity contribution < 1.29 is 23.8 Å². The van der Waals surface area contributed by atoms with Gasteiger partial charge in [0.15, 0.2) is 0 Å². The molecule has 0 bridgehead atoms. The van der Waals surface area contributed by atoms with Gasteiger partial charge in [-0.3, -0.25) is 0 Å². The predicted octanol–water partition coefficient (Wildman–Crippen LogP) is 2.09. The van der Waals surface area contributed by atoms with E-state index in [0.29, 0.717) is 5.69 Å². The Morgan fingerprint density at radius 1 is 1.19 bits per heavy atom. The Morgan fingerprint density at radius 2 is 1.93 bits per heavy atom. The zero-order chi connectivity index (χ0) is 19.6. The summed E-state index contributed by atoms with van der Waals surface area (Å²) >= 11 is 0. The van der Waals surface area contributed by atoms with Crippen LogP contribution in [0.5, 0.6) is 0 Å². The van der Waals surface area contributed by atoms with Crippen molar-refractivity contribution in [3.05, 3.63) is 46.9 Å². The molecule has 2 aromatic rings. The van der Waals surface area contributed by atoms with Crippen LogP contribution >= 0.6 is 0 Å². The van der Waals surface area contributed by atoms with Gasteiger partial charge in [0.1, 0.15) is 18.3 Å². The number of anilines is 1. The third-order valence-electron chi connectivity index (χ3n) is 4.39. The molecule has 0 radical (unpaired) electrons. The third-order valence-corrected chi connectivity index (χ3v) is 4.39. The normalized spacial score (nSPS) is 14.3. The van der Waals surface area contributed by atoms with Gasteiger partial charge in [0.2, 0.25) is 0 Å². The number of benzene rings is 1. The summed E-state index contributed by atoms with van der Waals surface area (Å²) in [6.45, 7) is 3.96. The van der Waals surface area contributed by atoms with Gasteiger partial charge >= 0.3 is 11.9 Å². The molecule has 8 heteroatoms. The van der Waals surface area contributed by atoms with Crippen LogP contribution in [0.4, 0.5) is 5.69 Å². The number of esters is 2. The fourth-order valence-corrected chi connectivity index (χ4v) is 2.85. The number of H-pyrrole nitrogens is 1. The second kappa shape index (κ2) is 7.63. The van der Waals surface area contributed by atoms with Gasteiger partial charge in [-0.1, -0.05) is 12.1 Å². The van der Waals surface area contributed by atoms with Crippen LogP contribution in [0.25, 0.3) is 11.4 Å². The van der Waals surface area contributed by atoms with Crippen LogP contribution in [-0.4, -0.2) is 49.5 Å². The molecule has 0 aliphatic carbocycles. The molecular weight excluding hydrogens is 350 g/mol. The lowest BCUT2D eigenvalue weighted by molar-refractivity contribution is -0.140. The average molecular weight is 371 g/mol. The molecular formula is C19H21N3O5. The maximum atomic E-state index is 12.4. The number of imidazole rings is 1. The standard InChI is InChI=1S/C19H21N3O5/c1-11-12(2)21-17(20-11)13-6-5-7-14(8-13)22-10-27-9-15(18(23)25-3)16(22)19(24)26-4/h5-8H,9-10H2,1-4H3,(H,20,21). The summed E-state index contributed by atoms with van der Waals surface area (Å²) in [4.78, 5) is 33.8. The van der Waals surface area contributed by atoms with Crippen molar-refractivity contribution in [2.24, 2.45) is 0 Å². The Morgan fingerprint density at radius 3 is 2.56 bits per heavy atom. The fourth-order valence-electron chi connectivity index (χ4n) is 2.85. The summed E-state index contributed by atoms with van der Waals surface area (Å²) in [5, 5.41) is 0. The summed E-state index contributed by atoms with van der Waals surface area (Å²) in [6.07, 6.45) is 0. The van der Waals surface area contributed by atoms with Gasteiger partial charge in [0.05, 0.1) is 32.1 Å². The number of ether oxygens (including phenoxy) is 3. The molecule has 0 amide bonds. The van der Waals surface area contributed by atoms with E-state index in [1.54, 1.807) is 4.90 Å². The summed E-state index contributed by atoms with van der Waals surface area (Å²) in [5.41, 5.74) is 3.64. The summed E-state index contributed by atoms with van der Waals surface area (Å²) in [7, 11) is 2.52. The van der Waals surface area contributed by atoms with E-state index >= 15 is 0 Å². The van der Waals surface area contributed by atoms with Crippen LogP contribution < -0.4 is 4.90 Å². The Bertz CT molecular complexity index is 896. The van der Waals surface area contributed by atoms with Gasteiger partial charge in [-0.25, -0.2) is 14.6 Å². The minimum Gasteiger partial charge on any atom is -0.466 e. The molecule has 1 aliphatic rings. The lowest BCUT2D eigenvalue weighted by Crippen LogP contribution is -2.38. The average Bonchev–Trinajstić information content (AvgIpc) is 3.04. The molecule has 0 atom stereocenters. The first-order valence-corrected chi connectivity index (χ1v) is 8.35. The smallest absolute Gasteiger partial charge is 0.355 e. The lowest BCUT2D eigenvalue weighted by atomic mass is 10.1. The molecule has 27 heavy (non-hydrogen) atoms. The number of rotatable bonds is 4. The van der Waals surface area contributed by atoms with Crippen molar-refractivity contribution in [2.45, 2.75) is 13.8 Å². The van der Waals surface area contributed by atoms with Crippen molar-refractivity contribution in [3.8, 4) is 11.4 Å². The van der Waals surface area contributed by atoms with Gasteiger partial charge in [0.25, 0.3) is 0 Å². The zero-order valence-corrected chi connectivity index (χ0v) is 15.7. The zero-order valence-electron chi connectivity index (χ0n) is 15.7. The highest BCUT2D eigenvalue weighted by molar-refractivity contribution is 6.03. The number of aromatic nitrogens is 2. The van der Waals surface area contributed by atoms with Crippen LogP contribution in [0.3, 0.4) is 0 Å². The van der Waals surface area contributed by atoms with Crippen LogP contribution in [0, 0.1) is 13.8 Å². The van der Waals surface area contributed by atoms with Gasteiger partial charge in [0, 0.05) is 16.9 Å². The number of aromatic amines is 1. The first-order valence-electron chi connectivity index (χ1n) is 8.35. The van der Waals surface area contributed by atoms with Crippen molar-refractivity contribution in [1.29, 1.82) is 0 Å². The number of hydrogen-bond donors (Lipinski definition) is 1. The van der Waals surface area contributed by atoms with E-state index in [0.717, 1.165) is 22.8 Å². The van der Waals surface area contributed by atoms with Crippen molar-refractivity contribution in [2.75, 3.05) is 32.5 Å². The fraction of sp³-hybridized carbons (Fsp3) is 0.316. The Balaban J connectivity index is 2.07. The molecule has 8 nitrogen and oxygen atoms in total. The summed E-state index contributed by atoms with van der Waals surface area (Å²) in [5.74, 6) is -0.538. The van der Waals surface area contributed by atoms with E-state index in [-0.39, 0.29) is 24.6 Å². The van der Waals surface area contributed by atoms with Crippen molar-refractivity contribution in [1.82, 2.24) is 9.97 Å². The molecule has 0 saturated heterocycles. The largest absolute Gasteiger partial charge is 0.466 e.